The number of rotatable bonds is 4. The topological polar surface area (TPSA) is 87.3 Å². The third kappa shape index (κ3) is 2.94. The molecule has 0 aromatic heterocycles. The van der Waals surface area contributed by atoms with Crippen LogP contribution in [0.25, 0.3) is 0 Å². The Hall–Kier alpha value is -2.86. The summed E-state index contributed by atoms with van der Waals surface area (Å²) in [7, 11) is 0. The van der Waals surface area contributed by atoms with Crippen molar-refractivity contribution in [2.24, 2.45) is 0 Å². The highest BCUT2D eigenvalue weighted by molar-refractivity contribution is 6.30. The van der Waals surface area contributed by atoms with Crippen LogP contribution in [0.4, 0.5) is 10.5 Å². The number of amides is 4. The van der Waals surface area contributed by atoms with E-state index in [2.05, 4.69) is 16.0 Å². The fourth-order valence-corrected chi connectivity index (χ4v) is 4.06. The number of carbonyl (C=O) groups excluding carboxylic acids is 3. The summed E-state index contributed by atoms with van der Waals surface area (Å²) in [6, 6.07) is 13.9. The van der Waals surface area contributed by atoms with Crippen LogP contribution in [-0.4, -0.2) is 17.8 Å². The zero-order chi connectivity index (χ0) is 19.9. The Morgan fingerprint density at radius 2 is 1.79 bits per heavy atom. The largest absolute Gasteiger partial charge is 0.325 e. The molecule has 144 valence electrons. The molecule has 3 N–H and O–H groups in total. The number of imide groups is 1. The molecule has 1 aliphatic carbocycles. The highest BCUT2D eigenvalue weighted by Crippen LogP contribution is 2.45. The molecule has 2 aromatic carbocycles. The average Bonchev–Trinajstić information content (AvgIpc) is 2.87. The summed E-state index contributed by atoms with van der Waals surface area (Å²) in [6.45, 7) is 1.63. The maximum Gasteiger partial charge on any atom is 0.322 e. The Morgan fingerprint density at radius 1 is 1.07 bits per heavy atom. The average molecular weight is 398 g/mol. The molecular formula is C21H20ClN3O3. The minimum absolute atomic E-state index is 0.0942. The standard InChI is InChI=1S/C21H20ClN3O3/c1-20(17(26)24-19(28)25-20)13-5-3-8-16(12-13)23-18(27)21(9-4-10-21)14-6-2-7-15(22)11-14/h2-3,5-8,11-12H,4,9-10H2,1H3,(H,23,27)(H2,24,25,26,28)/t20-/m1/s1. The Labute approximate surface area is 167 Å². The smallest absolute Gasteiger partial charge is 0.322 e. The van der Waals surface area contributed by atoms with Gasteiger partial charge >= 0.3 is 6.03 Å². The van der Waals surface area contributed by atoms with E-state index in [1.165, 1.54) is 0 Å². The number of carbonyl (C=O) groups is 3. The van der Waals surface area contributed by atoms with Gasteiger partial charge in [-0.2, -0.15) is 0 Å². The van der Waals surface area contributed by atoms with Crippen molar-refractivity contribution < 1.29 is 14.4 Å². The van der Waals surface area contributed by atoms with Crippen molar-refractivity contribution in [2.75, 3.05) is 5.32 Å². The van der Waals surface area contributed by atoms with Gasteiger partial charge in [0.05, 0.1) is 5.41 Å². The van der Waals surface area contributed by atoms with E-state index < -0.39 is 22.9 Å². The van der Waals surface area contributed by atoms with Crippen molar-refractivity contribution in [3.63, 3.8) is 0 Å². The quantitative estimate of drug-likeness (QED) is 0.690. The lowest BCUT2D eigenvalue weighted by Crippen LogP contribution is -2.46. The molecule has 28 heavy (non-hydrogen) atoms. The number of benzene rings is 2. The van der Waals surface area contributed by atoms with Crippen LogP contribution in [0, 0.1) is 0 Å². The molecule has 2 aliphatic rings. The molecule has 4 amide bonds. The fraction of sp³-hybridized carbons (Fsp3) is 0.286. The van der Waals surface area contributed by atoms with E-state index >= 15 is 0 Å². The molecule has 0 unspecified atom stereocenters. The van der Waals surface area contributed by atoms with Crippen LogP contribution in [0.3, 0.4) is 0 Å². The molecule has 1 aliphatic heterocycles. The van der Waals surface area contributed by atoms with Crippen molar-refractivity contribution >= 4 is 35.1 Å². The lowest BCUT2D eigenvalue weighted by Gasteiger charge is -2.40. The predicted molar refractivity (Wildman–Crippen MR) is 106 cm³/mol. The number of halogens is 1. The van der Waals surface area contributed by atoms with Crippen molar-refractivity contribution in [3.8, 4) is 0 Å². The van der Waals surface area contributed by atoms with Gasteiger partial charge in [0.25, 0.3) is 5.91 Å². The first-order valence-corrected chi connectivity index (χ1v) is 9.53. The first kappa shape index (κ1) is 18.5. The van der Waals surface area contributed by atoms with Gasteiger partial charge in [0, 0.05) is 10.7 Å². The summed E-state index contributed by atoms with van der Waals surface area (Å²) in [4.78, 5) is 36.9. The minimum Gasteiger partial charge on any atom is -0.325 e. The van der Waals surface area contributed by atoms with Crippen LogP contribution in [0.1, 0.15) is 37.3 Å². The SMILES string of the molecule is C[C@]1(c2cccc(NC(=O)C3(c4cccc(Cl)c4)CCC3)c2)NC(=O)NC1=O. The normalized spacial score (nSPS) is 22.8. The van der Waals surface area contributed by atoms with Gasteiger partial charge in [0.15, 0.2) is 0 Å². The van der Waals surface area contributed by atoms with E-state index in [0.717, 1.165) is 24.8 Å². The lowest BCUT2D eigenvalue weighted by atomic mass is 9.64. The van der Waals surface area contributed by atoms with Crippen molar-refractivity contribution in [3.05, 3.63) is 64.7 Å². The zero-order valence-corrected chi connectivity index (χ0v) is 16.1. The van der Waals surface area contributed by atoms with Crippen molar-refractivity contribution in [1.29, 1.82) is 0 Å². The van der Waals surface area contributed by atoms with Gasteiger partial charge in [-0.05, 0) is 55.2 Å². The van der Waals surface area contributed by atoms with Gasteiger partial charge in [-0.1, -0.05) is 42.3 Å². The van der Waals surface area contributed by atoms with Crippen molar-refractivity contribution in [1.82, 2.24) is 10.6 Å². The summed E-state index contributed by atoms with van der Waals surface area (Å²) < 4.78 is 0. The van der Waals surface area contributed by atoms with Gasteiger partial charge in [-0.25, -0.2) is 4.79 Å². The molecule has 0 bridgehead atoms. The summed E-state index contributed by atoms with van der Waals surface area (Å²) in [5.74, 6) is -0.515. The number of hydrogen-bond acceptors (Lipinski definition) is 3. The minimum atomic E-state index is -1.17. The second-order valence-electron chi connectivity index (χ2n) is 7.51. The maximum atomic E-state index is 13.2. The Morgan fingerprint density at radius 3 is 2.39 bits per heavy atom. The van der Waals surface area contributed by atoms with E-state index in [1.807, 2.05) is 18.2 Å². The Bertz CT molecular complexity index is 986. The molecule has 6 nitrogen and oxygen atoms in total. The van der Waals surface area contributed by atoms with Crippen LogP contribution < -0.4 is 16.0 Å². The van der Waals surface area contributed by atoms with Gasteiger partial charge in [0.2, 0.25) is 5.91 Å². The van der Waals surface area contributed by atoms with Gasteiger partial charge in [-0.15, -0.1) is 0 Å². The number of nitrogens with one attached hydrogen (secondary N) is 3. The van der Waals surface area contributed by atoms with Crippen LogP contribution in [0.2, 0.25) is 5.02 Å². The summed E-state index contributed by atoms with van der Waals surface area (Å²) >= 11 is 6.13. The maximum absolute atomic E-state index is 13.2. The molecule has 0 spiro atoms. The molecule has 1 saturated heterocycles. The van der Waals surface area contributed by atoms with Crippen LogP contribution in [0.5, 0.6) is 0 Å². The number of hydrogen-bond donors (Lipinski definition) is 3. The van der Waals surface area contributed by atoms with Gasteiger partial charge in [-0.3, -0.25) is 14.9 Å². The molecule has 7 heteroatoms. The first-order valence-electron chi connectivity index (χ1n) is 9.15. The summed E-state index contributed by atoms with van der Waals surface area (Å²) in [5, 5.41) is 8.47. The number of urea groups is 1. The molecule has 4 rings (SSSR count). The third-order valence-corrected chi connectivity index (χ3v) is 6.00. The lowest BCUT2D eigenvalue weighted by molar-refractivity contribution is -0.124. The number of anilines is 1. The molecule has 1 atom stereocenters. The monoisotopic (exact) mass is 397 g/mol. The van der Waals surface area contributed by atoms with E-state index in [1.54, 1.807) is 37.3 Å². The molecule has 1 heterocycles. The molecular weight excluding hydrogens is 378 g/mol. The first-order chi connectivity index (χ1) is 13.3. The molecule has 0 radical (unpaired) electrons. The summed E-state index contributed by atoms with van der Waals surface area (Å²) in [5.41, 5.74) is 0.322. The van der Waals surface area contributed by atoms with E-state index in [0.29, 0.717) is 16.3 Å². The highest BCUT2D eigenvalue weighted by Gasteiger charge is 2.46. The van der Waals surface area contributed by atoms with Crippen LogP contribution in [0.15, 0.2) is 48.5 Å². The van der Waals surface area contributed by atoms with E-state index in [9.17, 15) is 14.4 Å². The van der Waals surface area contributed by atoms with Crippen LogP contribution >= 0.6 is 11.6 Å². The highest BCUT2D eigenvalue weighted by atomic mass is 35.5. The second kappa shape index (κ2) is 6.63. The van der Waals surface area contributed by atoms with Crippen LogP contribution in [-0.2, 0) is 20.5 Å². The molecule has 1 saturated carbocycles. The third-order valence-electron chi connectivity index (χ3n) is 5.76. The van der Waals surface area contributed by atoms with Gasteiger partial charge < -0.3 is 10.6 Å². The van der Waals surface area contributed by atoms with Crippen molar-refractivity contribution in [2.45, 2.75) is 37.1 Å². The van der Waals surface area contributed by atoms with Gasteiger partial charge in [0.1, 0.15) is 5.54 Å². The van der Waals surface area contributed by atoms with E-state index in [-0.39, 0.29) is 5.91 Å². The second-order valence-corrected chi connectivity index (χ2v) is 7.95. The van der Waals surface area contributed by atoms with E-state index in [4.69, 9.17) is 11.6 Å². The summed E-state index contributed by atoms with van der Waals surface area (Å²) in [6.07, 6.45) is 2.49. The molecule has 2 fully saturated rings. The molecule has 2 aromatic rings. The predicted octanol–water partition coefficient (Wildman–Crippen LogP) is 3.46. The zero-order valence-electron chi connectivity index (χ0n) is 15.3. The Kier molecular flexibility index (Phi) is 4.38. The fourth-order valence-electron chi connectivity index (χ4n) is 3.87. The Balaban J connectivity index is 1.60.